The minimum atomic E-state index is -4.02. The minimum Gasteiger partial charge on any atom is -0.453 e. The Labute approximate surface area is 370 Å². The highest BCUT2D eigenvalue weighted by Crippen LogP contribution is 2.35. The van der Waals surface area contributed by atoms with Crippen molar-refractivity contribution in [3.05, 3.63) is 88.0 Å². The molecule has 0 aliphatic carbocycles. The third-order valence-electron chi connectivity index (χ3n) is 12.5. The maximum atomic E-state index is 15.2. The number of carbonyl (C=O) groups is 3. The summed E-state index contributed by atoms with van der Waals surface area (Å²) in [4.78, 5) is 59.1. The van der Waals surface area contributed by atoms with Crippen molar-refractivity contribution in [2.24, 2.45) is 11.8 Å². The highest BCUT2D eigenvalue weighted by Gasteiger charge is 2.30. The van der Waals surface area contributed by atoms with Gasteiger partial charge in [0.15, 0.2) is 11.6 Å². The van der Waals surface area contributed by atoms with Gasteiger partial charge >= 0.3 is 10.2 Å². The molecule has 3 aromatic carbocycles. The van der Waals surface area contributed by atoms with E-state index in [1.54, 1.807) is 25.1 Å². The summed E-state index contributed by atoms with van der Waals surface area (Å²) in [5.74, 6) is -1.80. The number of nitriles is 1. The molecule has 1 aromatic heterocycles. The Hall–Kier alpha value is -5.97. The van der Waals surface area contributed by atoms with Crippen molar-refractivity contribution in [1.29, 1.82) is 5.26 Å². The third kappa shape index (κ3) is 10.7. The van der Waals surface area contributed by atoms with Crippen LogP contribution in [0, 0.1) is 34.8 Å². The molecule has 0 radical (unpaired) electrons. The Morgan fingerprint density at radius 3 is 2.45 bits per heavy atom. The molecule has 3 saturated heterocycles. The average Bonchev–Trinajstić information content (AvgIpc) is 3.27. The molecule has 4 aromatic rings. The Balaban J connectivity index is 0.880. The second kappa shape index (κ2) is 19.8. The first-order valence-electron chi connectivity index (χ1n) is 21.7. The van der Waals surface area contributed by atoms with E-state index in [1.807, 2.05) is 11.0 Å². The number of hydrogen-bond donors (Lipinski definition) is 3. The fraction of sp³-hybridized carbons (Fsp3) is 0.467. The molecular weight excluding hydrogens is 849 g/mol. The quantitative estimate of drug-likeness (QED) is 0.131. The largest absolute Gasteiger partial charge is 0.453 e. The number of fused-ring (bicyclic) bond motifs is 1. The number of carbonyl (C=O) groups excluding carboxylic acids is 3. The number of ether oxygens (including phenoxy) is 1. The van der Waals surface area contributed by atoms with E-state index in [0.29, 0.717) is 68.4 Å². The van der Waals surface area contributed by atoms with Gasteiger partial charge in [0, 0.05) is 45.3 Å². The summed E-state index contributed by atoms with van der Waals surface area (Å²) in [5.41, 5.74) is 0.667. The zero-order valence-electron chi connectivity index (χ0n) is 36.1. The highest BCUT2D eigenvalue weighted by molar-refractivity contribution is 7.90. The summed E-state index contributed by atoms with van der Waals surface area (Å²) >= 11 is 0. The van der Waals surface area contributed by atoms with Crippen LogP contribution in [0.1, 0.15) is 75.8 Å². The maximum absolute atomic E-state index is 15.2. The summed E-state index contributed by atoms with van der Waals surface area (Å²) in [6.45, 7) is 7.24. The van der Waals surface area contributed by atoms with Crippen LogP contribution in [-0.4, -0.2) is 102 Å². The van der Waals surface area contributed by atoms with E-state index < -0.39 is 33.7 Å². The summed E-state index contributed by atoms with van der Waals surface area (Å²) in [6.07, 6.45) is 6.06. The molecule has 0 spiro atoms. The van der Waals surface area contributed by atoms with Gasteiger partial charge in [0.05, 0.1) is 29.5 Å². The molecule has 3 aliphatic heterocycles. The van der Waals surface area contributed by atoms with Crippen LogP contribution < -0.4 is 25.7 Å². The van der Waals surface area contributed by atoms with Gasteiger partial charge in [0.25, 0.3) is 5.56 Å². The van der Waals surface area contributed by atoms with Gasteiger partial charge in [-0.25, -0.2) is 13.8 Å². The number of benzene rings is 3. The van der Waals surface area contributed by atoms with Crippen molar-refractivity contribution < 1.29 is 36.3 Å². The molecule has 19 heteroatoms. The number of imide groups is 1. The molecule has 3 fully saturated rings. The normalized spacial score (nSPS) is 18.5. The smallest absolute Gasteiger partial charge is 0.301 e. The van der Waals surface area contributed by atoms with Crippen LogP contribution in [0.25, 0.3) is 10.9 Å². The van der Waals surface area contributed by atoms with Crippen molar-refractivity contribution >= 4 is 50.2 Å². The van der Waals surface area contributed by atoms with Crippen LogP contribution >= 0.6 is 0 Å². The molecule has 7 rings (SSSR count). The van der Waals surface area contributed by atoms with Gasteiger partial charge in [-0.15, -0.1) is 0 Å². The van der Waals surface area contributed by atoms with Crippen molar-refractivity contribution in [3.63, 3.8) is 0 Å². The average molecular weight is 902 g/mol. The standard InChI is InChI=1S/C45H53F2N9O7S/c1-4-53(3)64(61,62)52-39-10-8-36(46)43(35(39)24-48)63-32-6-9-38-34(23-32)45(60)56(27-49-38)25-28(2)21-29-13-19-55(20-14-29)42(58)26-54-17-15-30(16-18-54)33-7-5-31(22-37(33)47)50-40-11-12-41(57)51-44(40)59/h5-10,22-23,27-30,40,50,52H,4,11-21,25-26H2,1-3H3,(H,51,57,59). The number of rotatable bonds is 15. The molecule has 0 bridgehead atoms. The second-order valence-electron chi connectivity index (χ2n) is 17.0. The van der Waals surface area contributed by atoms with E-state index in [2.05, 4.69) is 32.2 Å². The first-order valence-corrected chi connectivity index (χ1v) is 23.1. The molecule has 0 saturated carbocycles. The van der Waals surface area contributed by atoms with Gasteiger partial charge in [0.1, 0.15) is 29.2 Å². The van der Waals surface area contributed by atoms with E-state index in [0.717, 1.165) is 48.5 Å². The zero-order valence-corrected chi connectivity index (χ0v) is 36.9. The SMILES string of the molecule is CCN(C)S(=O)(=O)Nc1ccc(F)c(Oc2ccc3ncn(CC(C)CC4CCN(C(=O)CN5CCC(c6ccc(NC7CCC(=O)NC7=O)cc6F)CC5)CC4)c(=O)c3c2)c1C#N. The van der Waals surface area contributed by atoms with Crippen molar-refractivity contribution in [2.45, 2.75) is 77.3 Å². The van der Waals surface area contributed by atoms with E-state index >= 15 is 8.78 Å². The number of nitrogens with zero attached hydrogens (tertiary/aromatic N) is 6. The van der Waals surface area contributed by atoms with E-state index in [-0.39, 0.29) is 70.4 Å². The summed E-state index contributed by atoms with van der Waals surface area (Å²) in [7, 11) is -2.66. The van der Waals surface area contributed by atoms with Gasteiger partial charge in [-0.05, 0) is 117 Å². The number of piperidine rings is 3. The number of likely N-dealkylation sites (tertiary alicyclic amines) is 2. The summed E-state index contributed by atoms with van der Waals surface area (Å²) < 4.78 is 66.2. The van der Waals surface area contributed by atoms with Crippen LogP contribution in [0.4, 0.5) is 20.2 Å². The number of aromatic nitrogens is 2. The lowest BCUT2D eigenvalue weighted by atomic mass is 9.87. The predicted molar refractivity (Wildman–Crippen MR) is 236 cm³/mol. The fourth-order valence-corrected chi connectivity index (χ4v) is 9.70. The van der Waals surface area contributed by atoms with Gasteiger partial charge in [-0.1, -0.05) is 19.9 Å². The molecule has 3 aliphatic rings. The number of nitrogens with one attached hydrogen (secondary N) is 3. The third-order valence-corrected chi connectivity index (χ3v) is 14.1. The second-order valence-corrected chi connectivity index (χ2v) is 18.8. The Morgan fingerprint density at radius 2 is 1.77 bits per heavy atom. The molecule has 2 atom stereocenters. The molecule has 16 nitrogen and oxygen atoms in total. The number of amides is 3. The summed E-state index contributed by atoms with van der Waals surface area (Å²) in [6, 6.07) is 12.8. The van der Waals surface area contributed by atoms with Gasteiger partial charge in [-0.3, -0.25) is 38.7 Å². The monoisotopic (exact) mass is 901 g/mol. The highest BCUT2D eigenvalue weighted by atomic mass is 32.2. The Bertz CT molecular complexity index is 2620. The van der Waals surface area contributed by atoms with E-state index in [1.165, 1.54) is 36.1 Å². The molecule has 3 amide bonds. The zero-order chi connectivity index (χ0) is 45.7. The Morgan fingerprint density at radius 1 is 1.02 bits per heavy atom. The molecular formula is C45H53F2N9O7S. The first-order chi connectivity index (χ1) is 30.6. The van der Waals surface area contributed by atoms with Crippen LogP contribution in [0.15, 0.2) is 59.7 Å². The summed E-state index contributed by atoms with van der Waals surface area (Å²) in [5, 5.41) is 15.4. The lowest BCUT2D eigenvalue weighted by Crippen LogP contribution is -2.47. The van der Waals surface area contributed by atoms with Gasteiger partial charge in [0.2, 0.25) is 17.7 Å². The first kappa shape index (κ1) is 46.0. The van der Waals surface area contributed by atoms with E-state index in [4.69, 9.17) is 4.74 Å². The van der Waals surface area contributed by atoms with Crippen molar-refractivity contribution in [3.8, 4) is 17.6 Å². The molecule has 64 heavy (non-hydrogen) atoms. The maximum Gasteiger partial charge on any atom is 0.301 e. The van der Waals surface area contributed by atoms with E-state index in [9.17, 15) is 32.9 Å². The van der Waals surface area contributed by atoms with Gasteiger partial charge < -0.3 is 15.0 Å². The fourth-order valence-electron chi connectivity index (χ4n) is 8.76. The van der Waals surface area contributed by atoms with Crippen molar-refractivity contribution in [2.75, 3.05) is 56.4 Å². The predicted octanol–water partition coefficient (Wildman–Crippen LogP) is 5.31. The lowest BCUT2D eigenvalue weighted by molar-refractivity contribution is -0.135. The molecule has 3 N–H and O–H groups in total. The van der Waals surface area contributed by atoms with Crippen molar-refractivity contribution in [1.82, 2.24) is 29.0 Å². The molecule has 2 unspecified atom stereocenters. The number of halogens is 2. The number of hydrogen-bond acceptors (Lipinski definition) is 11. The lowest BCUT2D eigenvalue weighted by Gasteiger charge is -2.36. The minimum absolute atomic E-state index is 0.0202. The van der Waals surface area contributed by atoms with Crippen LogP contribution in [-0.2, 0) is 31.1 Å². The van der Waals surface area contributed by atoms with Gasteiger partial charge in [-0.2, -0.15) is 18.0 Å². The molecule has 340 valence electrons. The Kier molecular flexibility index (Phi) is 14.3. The van der Waals surface area contributed by atoms with Crippen LogP contribution in [0.2, 0.25) is 0 Å². The van der Waals surface area contributed by atoms with Crippen LogP contribution in [0.5, 0.6) is 11.5 Å². The topological polar surface area (TPSA) is 199 Å². The molecule has 4 heterocycles. The number of anilines is 2. The van der Waals surface area contributed by atoms with Crippen LogP contribution in [0.3, 0.4) is 0 Å².